The Morgan fingerprint density at radius 1 is 1.20 bits per heavy atom. The Bertz CT molecular complexity index is 672. The quantitative estimate of drug-likeness (QED) is 0.520. The molecule has 5 heteroatoms. The van der Waals surface area contributed by atoms with Crippen molar-refractivity contribution >= 4 is 10.9 Å². The van der Waals surface area contributed by atoms with E-state index < -0.39 is 0 Å². The number of fused-ring (bicyclic) bond motifs is 1. The lowest BCUT2D eigenvalue weighted by atomic mass is 10.1. The fourth-order valence-electron chi connectivity index (χ4n) is 2.89. The zero-order chi connectivity index (χ0) is 14.1. The number of benzene rings is 1. The molecular weight excluding hydrogens is 254 g/mol. The molecule has 0 aliphatic carbocycles. The Kier molecular flexibility index (Phi) is 3.46. The molecule has 0 bridgehead atoms. The second-order valence-corrected chi connectivity index (χ2v) is 5.71. The number of aromatic nitrogens is 1. The van der Waals surface area contributed by atoms with E-state index in [1.807, 2.05) is 24.3 Å². The van der Waals surface area contributed by atoms with E-state index in [0.29, 0.717) is 17.6 Å². The van der Waals surface area contributed by atoms with Gasteiger partial charge in [0, 0.05) is 5.39 Å². The largest absolute Gasteiger partial charge is 0.507 e. The first-order valence-corrected chi connectivity index (χ1v) is 7.13. The predicted octanol–water partition coefficient (Wildman–Crippen LogP) is -1.85. The Balaban J connectivity index is 1.93. The second-order valence-electron chi connectivity index (χ2n) is 5.71. The minimum absolute atomic E-state index is 0.142. The Morgan fingerprint density at radius 2 is 1.90 bits per heavy atom. The van der Waals surface area contributed by atoms with Crippen LogP contribution < -0.4 is 15.4 Å². The average molecular weight is 275 g/mol. The molecule has 20 heavy (non-hydrogen) atoms. The van der Waals surface area contributed by atoms with Crippen LogP contribution in [0.3, 0.4) is 0 Å². The lowest BCUT2D eigenvalue weighted by Gasteiger charge is -2.27. The third kappa shape index (κ3) is 2.42. The van der Waals surface area contributed by atoms with Crippen LogP contribution in [-0.4, -0.2) is 43.3 Å². The summed E-state index contributed by atoms with van der Waals surface area (Å²) in [6, 6.07) is 7.38. The maximum atomic E-state index is 12.2. The molecule has 1 aliphatic rings. The maximum Gasteiger partial charge on any atom is 0.261 e. The maximum absolute atomic E-state index is 12.2. The number of hydrogen-bond acceptors (Lipinski definition) is 2. The highest BCUT2D eigenvalue weighted by Crippen LogP contribution is 2.23. The molecule has 0 atom stereocenters. The highest BCUT2D eigenvalue weighted by atomic mass is 16.3. The molecule has 1 saturated heterocycles. The normalized spacial score (nSPS) is 23.1. The molecule has 2 aromatic rings. The number of aromatic hydroxyl groups is 1. The van der Waals surface area contributed by atoms with Gasteiger partial charge in [0.15, 0.2) is 0 Å². The molecule has 106 valence electrons. The van der Waals surface area contributed by atoms with Gasteiger partial charge in [-0.1, -0.05) is 12.1 Å². The lowest BCUT2D eigenvalue weighted by Crippen LogP contribution is -3.26. The molecule has 0 amide bonds. The minimum Gasteiger partial charge on any atom is -0.507 e. The minimum atomic E-state index is -0.167. The standard InChI is InChI=1S/C15H19N3O2/c1-17-6-8-18(9-7-17)10-12-14(19)11-4-2-3-5-13(11)16-15(12)20/h2-5H,6-10H2,1H3,(H2,16,19,20)/p+2. The first-order chi connectivity index (χ1) is 9.65. The zero-order valence-corrected chi connectivity index (χ0v) is 11.7. The van der Waals surface area contributed by atoms with E-state index >= 15 is 0 Å². The predicted molar refractivity (Wildman–Crippen MR) is 77.3 cm³/mol. The van der Waals surface area contributed by atoms with Crippen LogP contribution >= 0.6 is 0 Å². The fraction of sp³-hybridized carbons (Fsp3) is 0.400. The van der Waals surface area contributed by atoms with Gasteiger partial charge in [-0.25, -0.2) is 0 Å². The van der Waals surface area contributed by atoms with E-state index in [9.17, 15) is 9.90 Å². The molecule has 0 saturated carbocycles. The number of piperazine rings is 1. The van der Waals surface area contributed by atoms with Crippen LogP contribution in [0.25, 0.3) is 10.9 Å². The van der Waals surface area contributed by atoms with Crippen LogP contribution in [0.2, 0.25) is 0 Å². The summed E-state index contributed by atoms with van der Waals surface area (Å²) in [5.41, 5.74) is 1.04. The van der Waals surface area contributed by atoms with Crippen molar-refractivity contribution < 1.29 is 14.9 Å². The summed E-state index contributed by atoms with van der Waals surface area (Å²) in [5.74, 6) is 0.142. The SMILES string of the molecule is C[NH+]1CC[NH+](Cc2c(O)c3ccccc3[nH]c2=O)CC1. The van der Waals surface area contributed by atoms with Crippen molar-refractivity contribution in [2.75, 3.05) is 33.2 Å². The summed E-state index contributed by atoms with van der Waals surface area (Å²) >= 11 is 0. The van der Waals surface area contributed by atoms with Gasteiger partial charge in [0.05, 0.1) is 12.6 Å². The van der Waals surface area contributed by atoms with Gasteiger partial charge in [-0.15, -0.1) is 0 Å². The van der Waals surface area contributed by atoms with Crippen molar-refractivity contribution in [1.82, 2.24) is 4.98 Å². The number of H-pyrrole nitrogens is 1. The molecule has 1 aromatic carbocycles. The van der Waals surface area contributed by atoms with Gasteiger partial charge in [0.2, 0.25) is 0 Å². The first-order valence-electron chi connectivity index (χ1n) is 7.13. The number of aromatic amines is 1. The molecule has 2 heterocycles. The van der Waals surface area contributed by atoms with Gasteiger partial charge in [-0.3, -0.25) is 4.79 Å². The summed E-state index contributed by atoms with van der Waals surface area (Å²) in [7, 11) is 2.19. The third-order valence-electron chi connectivity index (χ3n) is 4.23. The van der Waals surface area contributed by atoms with Crippen molar-refractivity contribution in [2.24, 2.45) is 0 Å². The Morgan fingerprint density at radius 3 is 2.65 bits per heavy atom. The third-order valence-corrected chi connectivity index (χ3v) is 4.23. The van der Waals surface area contributed by atoms with Crippen LogP contribution in [0.15, 0.2) is 29.1 Å². The van der Waals surface area contributed by atoms with E-state index in [2.05, 4.69) is 12.0 Å². The number of pyridine rings is 1. The topological polar surface area (TPSA) is 62.0 Å². The van der Waals surface area contributed by atoms with Crippen LogP contribution in [-0.2, 0) is 6.54 Å². The molecule has 4 N–H and O–H groups in total. The number of quaternary nitrogens is 2. The van der Waals surface area contributed by atoms with Gasteiger partial charge >= 0.3 is 0 Å². The molecular formula is C15H21N3O2+2. The molecule has 1 fully saturated rings. The van der Waals surface area contributed by atoms with Crippen molar-refractivity contribution in [2.45, 2.75) is 6.54 Å². The van der Waals surface area contributed by atoms with Crippen LogP contribution in [0.4, 0.5) is 0 Å². The number of nitrogens with one attached hydrogen (secondary N) is 3. The van der Waals surface area contributed by atoms with Crippen molar-refractivity contribution in [3.05, 3.63) is 40.2 Å². The average Bonchev–Trinajstić information content (AvgIpc) is 2.45. The second kappa shape index (κ2) is 5.26. The van der Waals surface area contributed by atoms with E-state index in [4.69, 9.17) is 0 Å². The summed E-state index contributed by atoms with van der Waals surface area (Å²) in [6.07, 6.45) is 0. The van der Waals surface area contributed by atoms with E-state index in [-0.39, 0.29) is 11.3 Å². The smallest absolute Gasteiger partial charge is 0.261 e. The van der Waals surface area contributed by atoms with Crippen LogP contribution in [0, 0.1) is 0 Å². The monoisotopic (exact) mass is 275 g/mol. The number of rotatable bonds is 2. The zero-order valence-electron chi connectivity index (χ0n) is 11.7. The van der Waals surface area contributed by atoms with Gasteiger partial charge in [0.25, 0.3) is 5.56 Å². The van der Waals surface area contributed by atoms with Crippen LogP contribution in [0.1, 0.15) is 5.56 Å². The van der Waals surface area contributed by atoms with Gasteiger partial charge in [-0.2, -0.15) is 0 Å². The summed E-state index contributed by atoms with van der Waals surface area (Å²) in [4.78, 5) is 17.9. The highest BCUT2D eigenvalue weighted by Gasteiger charge is 2.23. The van der Waals surface area contributed by atoms with E-state index in [0.717, 1.165) is 31.6 Å². The van der Waals surface area contributed by atoms with Gasteiger partial charge in [0.1, 0.15) is 44.0 Å². The highest BCUT2D eigenvalue weighted by molar-refractivity contribution is 5.85. The summed E-state index contributed by atoms with van der Waals surface area (Å²) in [6.45, 7) is 4.90. The molecule has 1 aliphatic heterocycles. The van der Waals surface area contributed by atoms with Crippen LogP contribution in [0.5, 0.6) is 5.75 Å². The Labute approximate surface area is 117 Å². The first kappa shape index (κ1) is 13.1. The number of hydrogen-bond donors (Lipinski definition) is 4. The molecule has 0 spiro atoms. The van der Waals surface area contributed by atoms with Crippen molar-refractivity contribution in [1.29, 1.82) is 0 Å². The van der Waals surface area contributed by atoms with Gasteiger partial charge < -0.3 is 19.9 Å². The van der Waals surface area contributed by atoms with E-state index in [1.165, 1.54) is 9.80 Å². The molecule has 0 unspecified atom stereocenters. The molecule has 0 radical (unpaired) electrons. The number of likely N-dealkylation sites (N-methyl/N-ethyl adjacent to an activating group) is 1. The summed E-state index contributed by atoms with van der Waals surface area (Å²) in [5, 5.41) is 11.1. The van der Waals surface area contributed by atoms with Crippen molar-refractivity contribution in [3.63, 3.8) is 0 Å². The summed E-state index contributed by atoms with van der Waals surface area (Å²) < 4.78 is 0. The molecule has 3 rings (SSSR count). The van der Waals surface area contributed by atoms with E-state index in [1.54, 1.807) is 0 Å². The molecule has 1 aromatic heterocycles. The fourth-order valence-corrected chi connectivity index (χ4v) is 2.89. The lowest BCUT2D eigenvalue weighted by molar-refractivity contribution is -1.01. The van der Waals surface area contributed by atoms with Crippen molar-refractivity contribution in [3.8, 4) is 5.75 Å². The molecule has 5 nitrogen and oxygen atoms in total. The Hall–Kier alpha value is -1.85. The van der Waals surface area contributed by atoms with Gasteiger partial charge in [-0.05, 0) is 12.1 Å². The number of para-hydroxylation sites is 1.